The minimum Gasteiger partial charge on any atom is -0.378 e. The number of amides is 3. The molecule has 204 valence electrons. The Bertz CT molecular complexity index is 1220. The molecule has 5 rings (SSSR count). The summed E-state index contributed by atoms with van der Waals surface area (Å²) < 4.78 is 0. The molecule has 3 aromatic rings. The van der Waals surface area contributed by atoms with Gasteiger partial charge in [0.05, 0.1) is 12.0 Å². The zero-order valence-corrected chi connectivity index (χ0v) is 22.4. The minimum atomic E-state index is -0.215. The van der Waals surface area contributed by atoms with Crippen LogP contribution >= 0.6 is 0 Å². The summed E-state index contributed by atoms with van der Waals surface area (Å²) in [6.45, 7) is 1.13. The highest BCUT2D eigenvalue weighted by atomic mass is 16.2. The maximum absolute atomic E-state index is 13.3. The predicted molar refractivity (Wildman–Crippen MR) is 154 cm³/mol. The lowest BCUT2D eigenvalue weighted by molar-refractivity contribution is -0.126. The minimum absolute atomic E-state index is 0.0499. The van der Waals surface area contributed by atoms with E-state index in [4.69, 9.17) is 0 Å². The SMILES string of the molecule is O=C(NCCc1ccccn1)N[C@@H]1CCCC[C@@H]1C(=O)NCC[C@H]1Cc2ccccc2N[C@H]1c1ccccc1. The van der Waals surface area contributed by atoms with E-state index in [9.17, 15) is 9.59 Å². The van der Waals surface area contributed by atoms with Crippen molar-refractivity contribution in [3.8, 4) is 0 Å². The molecule has 4 N–H and O–H groups in total. The number of urea groups is 1. The lowest BCUT2D eigenvalue weighted by Crippen LogP contribution is -2.51. The van der Waals surface area contributed by atoms with E-state index in [0.717, 1.165) is 44.2 Å². The Morgan fingerprint density at radius 1 is 0.872 bits per heavy atom. The highest BCUT2D eigenvalue weighted by Crippen LogP contribution is 2.38. The van der Waals surface area contributed by atoms with E-state index in [1.54, 1.807) is 6.20 Å². The molecule has 1 aliphatic carbocycles. The van der Waals surface area contributed by atoms with E-state index in [-0.39, 0.29) is 29.9 Å². The van der Waals surface area contributed by atoms with Crippen molar-refractivity contribution >= 4 is 17.6 Å². The molecule has 0 spiro atoms. The molecule has 1 fully saturated rings. The molecule has 4 atom stereocenters. The van der Waals surface area contributed by atoms with Gasteiger partial charge in [-0.2, -0.15) is 0 Å². The average Bonchev–Trinajstić information content (AvgIpc) is 2.98. The van der Waals surface area contributed by atoms with Crippen LogP contribution in [0, 0.1) is 11.8 Å². The third-order valence-electron chi connectivity index (χ3n) is 8.07. The third-order valence-corrected chi connectivity index (χ3v) is 8.07. The number of pyridine rings is 1. The first kappa shape index (κ1) is 26.7. The molecule has 39 heavy (non-hydrogen) atoms. The van der Waals surface area contributed by atoms with Gasteiger partial charge >= 0.3 is 6.03 Å². The summed E-state index contributed by atoms with van der Waals surface area (Å²) >= 11 is 0. The Hall–Kier alpha value is -3.87. The van der Waals surface area contributed by atoms with E-state index < -0.39 is 0 Å². The molecule has 2 aromatic carbocycles. The highest BCUT2D eigenvalue weighted by molar-refractivity contribution is 5.81. The summed E-state index contributed by atoms with van der Waals surface area (Å²) in [6, 6.07) is 24.7. The first-order valence-electron chi connectivity index (χ1n) is 14.3. The van der Waals surface area contributed by atoms with Crippen LogP contribution in [0.2, 0.25) is 0 Å². The van der Waals surface area contributed by atoms with Crippen LogP contribution in [0.1, 0.15) is 55.0 Å². The Labute approximate surface area is 231 Å². The number of hydrogen-bond donors (Lipinski definition) is 4. The number of nitrogens with zero attached hydrogens (tertiary/aromatic N) is 1. The highest BCUT2D eigenvalue weighted by Gasteiger charge is 2.33. The van der Waals surface area contributed by atoms with Crippen LogP contribution in [0.5, 0.6) is 0 Å². The number of carbonyl (C=O) groups is 2. The van der Waals surface area contributed by atoms with Gasteiger partial charge in [0.25, 0.3) is 0 Å². The van der Waals surface area contributed by atoms with Crippen molar-refractivity contribution in [1.29, 1.82) is 0 Å². The summed E-state index contributed by atoms with van der Waals surface area (Å²) in [6.07, 6.45) is 7.95. The van der Waals surface area contributed by atoms with Crippen LogP contribution in [0.4, 0.5) is 10.5 Å². The Morgan fingerprint density at radius 3 is 2.51 bits per heavy atom. The smallest absolute Gasteiger partial charge is 0.315 e. The van der Waals surface area contributed by atoms with Gasteiger partial charge in [0.15, 0.2) is 0 Å². The average molecular weight is 526 g/mol. The second kappa shape index (κ2) is 13.3. The number of rotatable bonds is 9. The summed E-state index contributed by atoms with van der Waals surface area (Å²) in [5.41, 5.74) is 4.74. The number of carbonyl (C=O) groups excluding carboxylic acids is 2. The fraction of sp³-hybridized carbons (Fsp3) is 0.406. The van der Waals surface area contributed by atoms with Gasteiger partial charge in [-0.3, -0.25) is 9.78 Å². The number of hydrogen-bond acceptors (Lipinski definition) is 4. The van der Waals surface area contributed by atoms with Gasteiger partial charge in [-0.15, -0.1) is 0 Å². The Balaban J connectivity index is 1.13. The number of fused-ring (bicyclic) bond motifs is 1. The van der Waals surface area contributed by atoms with Gasteiger partial charge in [-0.05, 0) is 60.9 Å². The molecular formula is C32H39N5O2. The van der Waals surface area contributed by atoms with Gasteiger partial charge in [-0.25, -0.2) is 4.79 Å². The van der Waals surface area contributed by atoms with Gasteiger partial charge in [0.1, 0.15) is 0 Å². The zero-order valence-electron chi connectivity index (χ0n) is 22.4. The molecule has 1 saturated carbocycles. The molecule has 0 unspecified atom stereocenters. The summed E-state index contributed by atoms with van der Waals surface area (Å²) in [4.78, 5) is 30.1. The lowest BCUT2D eigenvalue weighted by atomic mass is 9.81. The van der Waals surface area contributed by atoms with Crippen molar-refractivity contribution in [2.45, 2.75) is 57.0 Å². The topological polar surface area (TPSA) is 95.2 Å². The van der Waals surface area contributed by atoms with Gasteiger partial charge in [-0.1, -0.05) is 67.4 Å². The molecule has 3 amide bonds. The number of benzene rings is 2. The van der Waals surface area contributed by atoms with Crippen LogP contribution in [-0.4, -0.2) is 36.1 Å². The molecular weight excluding hydrogens is 486 g/mol. The second-order valence-corrected chi connectivity index (χ2v) is 10.7. The number of aromatic nitrogens is 1. The van der Waals surface area contributed by atoms with Gasteiger partial charge in [0.2, 0.25) is 5.91 Å². The van der Waals surface area contributed by atoms with E-state index in [0.29, 0.717) is 25.4 Å². The van der Waals surface area contributed by atoms with Crippen molar-refractivity contribution < 1.29 is 9.59 Å². The van der Waals surface area contributed by atoms with Crippen molar-refractivity contribution in [3.63, 3.8) is 0 Å². The summed E-state index contributed by atoms with van der Waals surface area (Å²) in [5, 5.41) is 13.0. The molecule has 2 heterocycles. The van der Waals surface area contributed by atoms with Crippen LogP contribution in [-0.2, 0) is 17.6 Å². The maximum atomic E-state index is 13.3. The van der Waals surface area contributed by atoms with E-state index in [1.807, 2.05) is 24.3 Å². The molecule has 1 aromatic heterocycles. The monoisotopic (exact) mass is 525 g/mol. The molecule has 0 saturated heterocycles. The maximum Gasteiger partial charge on any atom is 0.315 e. The normalized spacial score (nSPS) is 22.2. The fourth-order valence-electron chi connectivity index (χ4n) is 6.01. The molecule has 0 bridgehead atoms. The molecule has 0 radical (unpaired) electrons. The van der Waals surface area contributed by atoms with Crippen molar-refractivity contribution in [3.05, 3.63) is 95.8 Å². The molecule has 7 nitrogen and oxygen atoms in total. The summed E-state index contributed by atoms with van der Waals surface area (Å²) in [5.74, 6) is 0.220. The third kappa shape index (κ3) is 7.16. The first-order valence-corrected chi connectivity index (χ1v) is 14.3. The number of nitrogens with one attached hydrogen (secondary N) is 4. The second-order valence-electron chi connectivity index (χ2n) is 10.7. The Morgan fingerprint density at radius 2 is 1.67 bits per heavy atom. The van der Waals surface area contributed by atoms with Crippen molar-refractivity contribution in [1.82, 2.24) is 20.9 Å². The molecule has 7 heteroatoms. The summed E-state index contributed by atoms with van der Waals surface area (Å²) in [7, 11) is 0. The first-order chi connectivity index (χ1) is 19.2. The number of para-hydroxylation sites is 1. The van der Waals surface area contributed by atoms with Crippen molar-refractivity contribution in [2.75, 3.05) is 18.4 Å². The van der Waals surface area contributed by atoms with E-state index in [2.05, 4.69) is 74.8 Å². The van der Waals surface area contributed by atoms with Crippen LogP contribution in [0.15, 0.2) is 79.0 Å². The number of anilines is 1. The van der Waals surface area contributed by atoms with Gasteiger partial charge in [0, 0.05) is 43.1 Å². The van der Waals surface area contributed by atoms with Crippen LogP contribution < -0.4 is 21.3 Å². The van der Waals surface area contributed by atoms with E-state index >= 15 is 0 Å². The standard InChI is InChI=1S/C32H39N5O2/c38-31(27-14-5-7-16-29(27)37-32(39)35-21-18-26-13-8-9-19-33-26)34-20-17-25-22-24-12-4-6-15-28(24)36-30(25)23-10-2-1-3-11-23/h1-4,6,8-13,15,19,25,27,29-30,36H,5,7,14,16-18,20-22H2,(H,34,38)(H2,35,37,39)/t25-,27-,29+,30-/m0/s1. The fourth-order valence-corrected chi connectivity index (χ4v) is 6.01. The molecule has 2 aliphatic rings. The molecule has 1 aliphatic heterocycles. The van der Waals surface area contributed by atoms with Crippen LogP contribution in [0.3, 0.4) is 0 Å². The van der Waals surface area contributed by atoms with Crippen molar-refractivity contribution in [2.24, 2.45) is 11.8 Å². The van der Waals surface area contributed by atoms with Crippen LogP contribution in [0.25, 0.3) is 0 Å². The van der Waals surface area contributed by atoms with Gasteiger partial charge < -0.3 is 21.3 Å². The van der Waals surface area contributed by atoms with E-state index in [1.165, 1.54) is 16.8 Å². The quantitative estimate of drug-likeness (QED) is 0.316. The predicted octanol–water partition coefficient (Wildman–Crippen LogP) is 5.01. The Kier molecular flexibility index (Phi) is 9.09. The zero-order chi connectivity index (χ0) is 26.9. The lowest BCUT2D eigenvalue weighted by Gasteiger charge is -2.36. The largest absolute Gasteiger partial charge is 0.378 e.